The number of hydrogen-bond acceptors (Lipinski definition) is 3. The lowest BCUT2D eigenvalue weighted by Gasteiger charge is -2.29. The van der Waals surface area contributed by atoms with E-state index >= 15 is 0 Å². The Morgan fingerprint density at radius 1 is 1.27 bits per heavy atom. The number of piperidine rings is 1. The average molecular weight is 323 g/mol. The van der Waals surface area contributed by atoms with Crippen LogP contribution in [0.1, 0.15) is 35.0 Å². The van der Waals surface area contributed by atoms with Gasteiger partial charge in [-0.15, -0.1) is 12.4 Å². The molecule has 5 heteroatoms. The minimum Gasteiger partial charge on any atom is -0.451 e. The largest absolute Gasteiger partial charge is 0.451 e. The predicted molar refractivity (Wildman–Crippen MR) is 90.8 cm³/mol. The van der Waals surface area contributed by atoms with Crippen LogP contribution in [0.3, 0.4) is 0 Å². The summed E-state index contributed by atoms with van der Waals surface area (Å²) in [4.78, 5) is 12.4. The Hall–Kier alpha value is -1.52. The zero-order valence-electron chi connectivity index (χ0n) is 13.2. The normalized spacial score (nSPS) is 21.4. The molecule has 2 heterocycles. The molecule has 1 saturated heterocycles. The van der Waals surface area contributed by atoms with Crippen LogP contribution in [0.4, 0.5) is 0 Å². The molecule has 1 aliphatic rings. The SMILES string of the molecule is Cc1cc2cc(C(=O)NC3CCNCC3C)oc2cc1C.Cl. The van der Waals surface area contributed by atoms with Crippen LogP contribution >= 0.6 is 12.4 Å². The van der Waals surface area contributed by atoms with Crippen LogP contribution in [0.5, 0.6) is 0 Å². The Kier molecular flexibility index (Phi) is 5.14. The van der Waals surface area contributed by atoms with E-state index in [9.17, 15) is 4.79 Å². The van der Waals surface area contributed by atoms with Gasteiger partial charge < -0.3 is 15.1 Å². The molecule has 120 valence electrons. The Bertz CT molecular complexity index is 642. The third kappa shape index (κ3) is 3.28. The smallest absolute Gasteiger partial charge is 0.287 e. The fourth-order valence-electron chi connectivity index (χ4n) is 2.88. The number of halogens is 1. The molecule has 3 rings (SSSR count). The zero-order valence-corrected chi connectivity index (χ0v) is 14.0. The maximum absolute atomic E-state index is 12.4. The van der Waals surface area contributed by atoms with Gasteiger partial charge in [-0.1, -0.05) is 6.92 Å². The van der Waals surface area contributed by atoms with Crippen molar-refractivity contribution in [3.05, 3.63) is 35.1 Å². The third-order valence-corrected chi connectivity index (χ3v) is 4.46. The fraction of sp³-hybridized carbons (Fsp3) is 0.471. The lowest BCUT2D eigenvalue weighted by Crippen LogP contribution is -2.48. The molecule has 2 N–H and O–H groups in total. The number of carbonyl (C=O) groups excluding carboxylic acids is 1. The van der Waals surface area contributed by atoms with Crippen molar-refractivity contribution < 1.29 is 9.21 Å². The van der Waals surface area contributed by atoms with Crippen molar-refractivity contribution >= 4 is 29.3 Å². The molecule has 0 radical (unpaired) electrons. The number of aryl methyl sites for hydroxylation is 2. The molecule has 1 amide bonds. The van der Waals surface area contributed by atoms with Gasteiger partial charge in [-0.25, -0.2) is 0 Å². The number of fused-ring (bicyclic) bond motifs is 1. The second kappa shape index (κ2) is 6.71. The van der Waals surface area contributed by atoms with Crippen LogP contribution in [-0.4, -0.2) is 25.0 Å². The molecular weight excluding hydrogens is 300 g/mol. The first-order valence-electron chi connectivity index (χ1n) is 7.57. The summed E-state index contributed by atoms with van der Waals surface area (Å²) in [5, 5.41) is 7.43. The molecule has 1 aromatic heterocycles. The van der Waals surface area contributed by atoms with Crippen molar-refractivity contribution in [1.29, 1.82) is 0 Å². The summed E-state index contributed by atoms with van der Waals surface area (Å²) in [6.07, 6.45) is 0.964. The van der Waals surface area contributed by atoms with Gasteiger partial charge in [0.1, 0.15) is 5.58 Å². The van der Waals surface area contributed by atoms with E-state index in [-0.39, 0.29) is 24.4 Å². The zero-order chi connectivity index (χ0) is 15.0. The van der Waals surface area contributed by atoms with Crippen LogP contribution in [0, 0.1) is 19.8 Å². The summed E-state index contributed by atoms with van der Waals surface area (Å²) >= 11 is 0. The van der Waals surface area contributed by atoms with Gasteiger partial charge in [0.2, 0.25) is 0 Å². The van der Waals surface area contributed by atoms with E-state index in [4.69, 9.17) is 4.42 Å². The topological polar surface area (TPSA) is 54.3 Å². The van der Waals surface area contributed by atoms with Gasteiger partial charge in [0.05, 0.1) is 0 Å². The Morgan fingerprint density at radius 2 is 2.00 bits per heavy atom. The standard InChI is InChI=1S/C17H22N2O2.ClH/c1-10-6-13-8-16(21-15(13)7-11(10)2)17(20)19-14-4-5-18-9-12(14)3;/h6-8,12,14,18H,4-5,9H2,1-3H3,(H,19,20);1H. The summed E-state index contributed by atoms with van der Waals surface area (Å²) in [6, 6.07) is 6.12. The molecule has 0 saturated carbocycles. The van der Waals surface area contributed by atoms with Crippen LogP contribution in [0.2, 0.25) is 0 Å². The summed E-state index contributed by atoms with van der Waals surface area (Å²) < 4.78 is 5.71. The molecule has 1 aliphatic heterocycles. The quantitative estimate of drug-likeness (QED) is 0.892. The highest BCUT2D eigenvalue weighted by molar-refractivity contribution is 5.96. The second-order valence-electron chi connectivity index (χ2n) is 6.13. The number of furan rings is 1. The monoisotopic (exact) mass is 322 g/mol. The molecule has 0 bridgehead atoms. The highest BCUT2D eigenvalue weighted by Crippen LogP contribution is 2.23. The Morgan fingerprint density at radius 3 is 2.73 bits per heavy atom. The molecule has 2 atom stereocenters. The van der Waals surface area contributed by atoms with Crippen molar-refractivity contribution in [3.63, 3.8) is 0 Å². The minimum atomic E-state index is -0.111. The van der Waals surface area contributed by atoms with Crippen molar-refractivity contribution in [2.75, 3.05) is 13.1 Å². The van der Waals surface area contributed by atoms with Crippen molar-refractivity contribution in [2.24, 2.45) is 5.92 Å². The fourth-order valence-corrected chi connectivity index (χ4v) is 2.88. The first-order chi connectivity index (χ1) is 10.0. The predicted octanol–water partition coefficient (Wildman–Crippen LogP) is 3.20. The molecule has 1 fully saturated rings. The molecule has 1 aromatic carbocycles. The van der Waals surface area contributed by atoms with Gasteiger partial charge >= 0.3 is 0 Å². The molecule has 22 heavy (non-hydrogen) atoms. The minimum absolute atomic E-state index is 0. The van der Waals surface area contributed by atoms with E-state index in [0.29, 0.717) is 11.7 Å². The maximum Gasteiger partial charge on any atom is 0.287 e. The van der Waals surface area contributed by atoms with Crippen molar-refractivity contribution in [1.82, 2.24) is 10.6 Å². The van der Waals surface area contributed by atoms with Crippen LogP contribution in [-0.2, 0) is 0 Å². The average Bonchev–Trinajstić information content (AvgIpc) is 2.85. The van der Waals surface area contributed by atoms with Gasteiger partial charge in [0.15, 0.2) is 5.76 Å². The summed E-state index contributed by atoms with van der Waals surface area (Å²) in [5.41, 5.74) is 3.17. The molecule has 4 nitrogen and oxygen atoms in total. The molecular formula is C17H23ClN2O2. The van der Waals surface area contributed by atoms with E-state index in [1.165, 1.54) is 11.1 Å². The first kappa shape index (κ1) is 16.8. The van der Waals surface area contributed by atoms with E-state index in [2.05, 4.69) is 30.5 Å². The van der Waals surface area contributed by atoms with E-state index in [0.717, 1.165) is 30.5 Å². The van der Waals surface area contributed by atoms with E-state index < -0.39 is 0 Å². The van der Waals surface area contributed by atoms with Crippen LogP contribution in [0.15, 0.2) is 22.6 Å². The Balaban J connectivity index is 0.00000176. The summed E-state index contributed by atoms with van der Waals surface area (Å²) in [6.45, 7) is 8.17. The van der Waals surface area contributed by atoms with E-state index in [1.807, 2.05) is 19.1 Å². The molecule has 0 aliphatic carbocycles. The lowest BCUT2D eigenvalue weighted by molar-refractivity contribution is 0.0888. The van der Waals surface area contributed by atoms with Gasteiger partial charge in [0.25, 0.3) is 5.91 Å². The molecule has 2 unspecified atom stereocenters. The second-order valence-corrected chi connectivity index (χ2v) is 6.13. The van der Waals surface area contributed by atoms with Gasteiger partial charge in [-0.05, 0) is 68.6 Å². The van der Waals surface area contributed by atoms with Gasteiger partial charge in [-0.3, -0.25) is 4.79 Å². The maximum atomic E-state index is 12.4. The van der Waals surface area contributed by atoms with Gasteiger partial charge in [0, 0.05) is 11.4 Å². The number of amides is 1. The number of benzene rings is 1. The molecule has 0 spiro atoms. The van der Waals surface area contributed by atoms with Crippen LogP contribution in [0.25, 0.3) is 11.0 Å². The summed E-state index contributed by atoms with van der Waals surface area (Å²) in [7, 11) is 0. The number of nitrogens with one attached hydrogen (secondary N) is 2. The molecule has 2 aromatic rings. The van der Waals surface area contributed by atoms with Crippen molar-refractivity contribution in [2.45, 2.75) is 33.2 Å². The lowest BCUT2D eigenvalue weighted by atomic mass is 9.95. The Labute approximate surface area is 137 Å². The number of hydrogen-bond donors (Lipinski definition) is 2. The highest BCUT2D eigenvalue weighted by atomic mass is 35.5. The van der Waals surface area contributed by atoms with Crippen LogP contribution < -0.4 is 10.6 Å². The summed E-state index contributed by atoms with van der Waals surface area (Å²) in [5.74, 6) is 0.734. The highest BCUT2D eigenvalue weighted by Gasteiger charge is 2.24. The van der Waals surface area contributed by atoms with Crippen molar-refractivity contribution in [3.8, 4) is 0 Å². The van der Waals surface area contributed by atoms with E-state index in [1.54, 1.807) is 0 Å². The first-order valence-corrected chi connectivity index (χ1v) is 7.57. The third-order valence-electron chi connectivity index (χ3n) is 4.46. The van der Waals surface area contributed by atoms with Gasteiger partial charge in [-0.2, -0.15) is 0 Å². The number of carbonyl (C=O) groups is 1. The number of rotatable bonds is 2.